The molecule has 3 rings (SSSR count). The van der Waals surface area contributed by atoms with Gasteiger partial charge in [-0.1, -0.05) is 6.07 Å². The van der Waals surface area contributed by atoms with Gasteiger partial charge in [-0.2, -0.15) is 10.2 Å². The Morgan fingerprint density at radius 2 is 1.65 bits per heavy atom. The molecular weight excluding hydrogens is 420 g/mol. The van der Waals surface area contributed by atoms with Crippen molar-refractivity contribution in [1.29, 1.82) is 0 Å². The number of hydrogen-bond donors (Lipinski definition) is 2. The smallest absolute Gasteiger partial charge is 0.282 e. The van der Waals surface area contributed by atoms with E-state index in [-0.39, 0.29) is 11.4 Å². The summed E-state index contributed by atoms with van der Waals surface area (Å²) in [6.45, 7) is 1.26. The monoisotopic (exact) mass is 438 g/mol. The molecule has 0 bridgehead atoms. The molecule has 3 aromatic rings. The molecule has 2 heterocycles. The standard InChI is InChI=1S/C19H18F4N6O2/c1-10(29-15(17(22)23)9-14(27-29)16(20)21)18(30)24-11-4-3-5-12(8-11)25-19(31)13-6-7-28(2)26-13/h3-10,16-17H,1-2H3,(H,24,30)(H,25,31). The first kappa shape index (κ1) is 22.0. The molecule has 1 aromatic carbocycles. The average Bonchev–Trinajstić information content (AvgIpc) is 3.34. The fourth-order valence-corrected chi connectivity index (χ4v) is 2.77. The lowest BCUT2D eigenvalue weighted by Crippen LogP contribution is -2.26. The first-order chi connectivity index (χ1) is 14.7. The van der Waals surface area contributed by atoms with Gasteiger partial charge in [0.1, 0.15) is 17.4 Å². The minimum absolute atomic E-state index is 0.193. The van der Waals surface area contributed by atoms with E-state index in [1.165, 1.54) is 29.8 Å². The number of alkyl halides is 4. The van der Waals surface area contributed by atoms with Gasteiger partial charge in [0, 0.05) is 24.6 Å². The molecule has 1 atom stereocenters. The maximum atomic E-state index is 13.2. The molecule has 2 N–H and O–H groups in total. The van der Waals surface area contributed by atoms with Gasteiger partial charge < -0.3 is 10.6 Å². The molecule has 0 aliphatic carbocycles. The van der Waals surface area contributed by atoms with E-state index < -0.39 is 42.1 Å². The second kappa shape index (κ2) is 8.98. The zero-order valence-electron chi connectivity index (χ0n) is 16.4. The number of benzene rings is 1. The van der Waals surface area contributed by atoms with Crippen LogP contribution < -0.4 is 10.6 Å². The topological polar surface area (TPSA) is 93.8 Å². The molecule has 0 aliphatic heterocycles. The van der Waals surface area contributed by atoms with Crippen molar-refractivity contribution in [2.45, 2.75) is 25.8 Å². The van der Waals surface area contributed by atoms with Crippen LogP contribution in [0.15, 0.2) is 42.6 Å². The number of aryl methyl sites for hydroxylation is 1. The van der Waals surface area contributed by atoms with Crippen LogP contribution in [-0.4, -0.2) is 31.4 Å². The van der Waals surface area contributed by atoms with Crippen molar-refractivity contribution in [3.63, 3.8) is 0 Å². The van der Waals surface area contributed by atoms with Crippen LogP contribution in [0.5, 0.6) is 0 Å². The molecule has 0 saturated heterocycles. The Morgan fingerprint density at radius 1 is 0.968 bits per heavy atom. The first-order valence-electron chi connectivity index (χ1n) is 9.03. The second-order valence-corrected chi connectivity index (χ2v) is 6.61. The summed E-state index contributed by atoms with van der Waals surface area (Å²) < 4.78 is 54.1. The fourth-order valence-electron chi connectivity index (χ4n) is 2.77. The van der Waals surface area contributed by atoms with E-state index in [1.807, 2.05) is 0 Å². The van der Waals surface area contributed by atoms with Crippen molar-refractivity contribution in [3.8, 4) is 0 Å². The Balaban J connectivity index is 1.73. The number of carbonyl (C=O) groups excluding carboxylic acids is 2. The van der Waals surface area contributed by atoms with Crippen molar-refractivity contribution in [2.24, 2.45) is 7.05 Å². The van der Waals surface area contributed by atoms with Gasteiger partial charge in [-0.25, -0.2) is 17.6 Å². The highest BCUT2D eigenvalue weighted by atomic mass is 19.3. The van der Waals surface area contributed by atoms with Gasteiger partial charge in [0.2, 0.25) is 5.91 Å². The molecule has 0 radical (unpaired) electrons. The quantitative estimate of drug-likeness (QED) is 0.547. The molecule has 31 heavy (non-hydrogen) atoms. The summed E-state index contributed by atoms with van der Waals surface area (Å²) in [6, 6.07) is 6.92. The lowest BCUT2D eigenvalue weighted by molar-refractivity contribution is -0.119. The molecule has 2 aromatic heterocycles. The summed E-state index contributed by atoms with van der Waals surface area (Å²) in [6.07, 6.45) is -4.52. The highest BCUT2D eigenvalue weighted by molar-refractivity contribution is 6.03. The van der Waals surface area contributed by atoms with Crippen LogP contribution in [0.25, 0.3) is 0 Å². The minimum atomic E-state index is -3.08. The van der Waals surface area contributed by atoms with Gasteiger partial charge in [0.05, 0.1) is 0 Å². The predicted octanol–water partition coefficient (Wildman–Crippen LogP) is 3.94. The number of nitrogens with one attached hydrogen (secondary N) is 2. The van der Waals surface area contributed by atoms with Crippen LogP contribution in [0.2, 0.25) is 0 Å². The van der Waals surface area contributed by atoms with Crippen molar-refractivity contribution in [2.75, 3.05) is 10.6 Å². The van der Waals surface area contributed by atoms with Gasteiger partial charge in [0.25, 0.3) is 18.8 Å². The van der Waals surface area contributed by atoms with E-state index in [4.69, 9.17) is 0 Å². The van der Waals surface area contributed by atoms with E-state index in [9.17, 15) is 27.2 Å². The highest BCUT2D eigenvalue weighted by Gasteiger charge is 2.27. The molecule has 1 unspecified atom stereocenters. The molecule has 164 valence electrons. The maximum absolute atomic E-state index is 13.2. The van der Waals surface area contributed by atoms with Crippen LogP contribution >= 0.6 is 0 Å². The molecule has 0 spiro atoms. The third-order valence-electron chi connectivity index (χ3n) is 4.31. The van der Waals surface area contributed by atoms with E-state index in [1.54, 1.807) is 25.4 Å². The van der Waals surface area contributed by atoms with Crippen LogP contribution in [0.3, 0.4) is 0 Å². The zero-order valence-corrected chi connectivity index (χ0v) is 16.4. The Hall–Kier alpha value is -3.70. The summed E-state index contributed by atoms with van der Waals surface area (Å²) in [4.78, 5) is 24.7. The summed E-state index contributed by atoms with van der Waals surface area (Å²) in [5.41, 5.74) is -0.814. The summed E-state index contributed by atoms with van der Waals surface area (Å²) >= 11 is 0. The number of aromatic nitrogens is 4. The summed E-state index contributed by atoms with van der Waals surface area (Å²) in [7, 11) is 1.66. The van der Waals surface area contributed by atoms with Gasteiger partial charge in [-0.3, -0.25) is 19.0 Å². The minimum Gasteiger partial charge on any atom is -0.324 e. The second-order valence-electron chi connectivity index (χ2n) is 6.61. The summed E-state index contributed by atoms with van der Waals surface area (Å²) in [5, 5.41) is 12.5. The Labute approximate surface area is 173 Å². The van der Waals surface area contributed by atoms with Gasteiger partial charge in [0.15, 0.2) is 5.69 Å². The molecule has 2 amide bonds. The average molecular weight is 438 g/mol. The van der Waals surface area contributed by atoms with E-state index in [0.717, 1.165) is 0 Å². The number of halogens is 4. The lowest BCUT2D eigenvalue weighted by Gasteiger charge is -2.16. The number of carbonyl (C=O) groups is 2. The Morgan fingerprint density at radius 3 is 2.23 bits per heavy atom. The Bertz CT molecular complexity index is 1090. The number of anilines is 2. The van der Waals surface area contributed by atoms with Gasteiger partial charge in [-0.05, 0) is 37.3 Å². The molecule has 8 nitrogen and oxygen atoms in total. The number of amides is 2. The SMILES string of the molecule is CC(C(=O)Nc1cccc(NC(=O)c2ccn(C)n2)c1)n1nc(C(F)F)cc1C(F)F. The molecular formula is C19H18F4N6O2. The largest absolute Gasteiger partial charge is 0.324 e. The van der Waals surface area contributed by atoms with Gasteiger partial charge in [-0.15, -0.1) is 0 Å². The molecule has 0 saturated carbocycles. The number of hydrogen-bond acceptors (Lipinski definition) is 4. The first-order valence-corrected chi connectivity index (χ1v) is 9.03. The molecule has 0 aliphatic rings. The van der Waals surface area contributed by atoms with Crippen LogP contribution in [-0.2, 0) is 11.8 Å². The van der Waals surface area contributed by atoms with E-state index >= 15 is 0 Å². The van der Waals surface area contributed by atoms with Gasteiger partial charge >= 0.3 is 0 Å². The van der Waals surface area contributed by atoms with Crippen LogP contribution in [0.4, 0.5) is 28.9 Å². The maximum Gasteiger partial charge on any atom is 0.282 e. The van der Waals surface area contributed by atoms with Crippen LogP contribution in [0, 0.1) is 0 Å². The van der Waals surface area contributed by atoms with Crippen molar-refractivity contribution in [3.05, 3.63) is 59.7 Å². The van der Waals surface area contributed by atoms with Crippen molar-refractivity contribution in [1.82, 2.24) is 19.6 Å². The number of nitrogens with zero attached hydrogens (tertiary/aromatic N) is 4. The zero-order chi connectivity index (χ0) is 22.7. The van der Waals surface area contributed by atoms with Crippen molar-refractivity contribution >= 4 is 23.2 Å². The van der Waals surface area contributed by atoms with Crippen molar-refractivity contribution < 1.29 is 27.2 Å². The third kappa shape index (κ3) is 5.08. The fraction of sp³-hybridized carbons (Fsp3) is 0.263. The Kier molecular flexibility index (Phi) is 6.37. The molecule has 12 heteroatoms. The molecule has 0 fully saturated rings. The van der Waals surface area contributed by atoms with E-state index in [2.05, 4.69) is 20.8 Å². The third-order valence-corrected chi connectivity index (χ3v) is 4.31. The van der Waals surface area contributed by atoms with Crippen LogP contribution in [0.1, 0.15) is 47.7 Å². The normalized spacial score (nSPS) is 12.3. The summed E-state index contributed by atoms with van der Waals surface area (Å²) in [5.74, 6) is -1.21. The highest BCUT2D eigenvalue weighted by Crippen LogP contribution is 2.28. The lowest BCUT2D eigenvalue weighted by atomic mass is 10.2. The van der Waals surface area contributed by atoms with E-state index in [0.29, 0.717) is 16.4 Å². The predicted molar refractivity (Wildman–Crippen MR) is 103 cm³/mol. The number of rotatable bonds is 7.